The predicted molar refractivity (Wildman–Crippen MR) is 68.0 cm³/mol. The van der Waals surface area contributed by atoms with Gasteiger partial charge in [-0.25, -0.2) is 0 Å². The van der Waals surface area contributed by atoms with Gasteiger partial charge in [-0.05, 0) is 43.5 Å². The van der Waals surface area contributed by atoms with E-state index in [2.05, 4.69) is 36.6 Å². The Hall–Kier alpha value is -0.610. The van der Waals surface area contributed by atoms with E-state index in [1.165, 1.54) is 0 Å². The zero-order chi connectivity index (χ0) is 15.9. The second-order valence-electron chi connectivity index (χ2n) is 3.74. The van der Waals surface area contributed by atoms with Crippen LogP contribution in [-0.2, 0) is 0 Å². The van der Waals surface area contributed by atoms with Crippen molar-refractivity contribution in [2.75, 3.05) is 7.11 Å². The van der Waals surface area contributed by atoms with Gasteiger partial charge in [0.05, 0.1) is 11.6 Å². The topological polar surface area (TPSA) is 55.5 Å². The molecule has 1 rings (SSSR count). The molecule has 3 nitrogen and oxygen atoms in total. The maximum Gasteiger partial charge on any atom is 0.455 e. The summed E-state index contributed by atoms with van der Waals surface area (Å²) in [4.78, 5) is 0. The molecule has 10 heteroatoms. The minimum absolute atomic E-state index is 0.139. The lowest BCUT2D eigenvalue weighted by molar-refractivity contribution is -0.291. The minimum atomic E-state index is -5.80. The zero-order valence-electron chi connectivity index (χ0n) is 9.73. The van der Waals surface area contributed by atoms with E-state index in [1.54, 1.807) is 0 Å². The first kappa shape index (κ1) is 17.4. The summed E-state index contributed by atoms with van der Waals surface area (Å²) < 4.78 is 67.8. The van der Waals surface area contributed by atoms with Crippen molar-refractivity contribution in [1.29, 1.82) is 0 Å². The molecule has 0 aliphatic rings. The van der Waals surface area contributed by atoms with Gasteiger partial charge in [-0.15, -0.1) is 0 Å². The summed E-state index contributed by atoms with van der Waals surface area (Å²) in [5.41, 5.74) is 4.48. The third kappa shape index (κ3) is 2.86. The van der Waals surface area contributed by atoms with E-state index in [9.17, 15) is 27.1 Å². The van der Waals surface area contributed by atoms with E-state index in [4.69, 9.17) is 5.73 Å². The lowest BCUT2D eigenvalue weighted by atomic mass is 10.0. The number of ether oxygens (including phenoxy) is 1. The van der Waals surface area contributed by atoms with Crippen LogP contribution in [0.3, 0.4) is 0 Å². The highest BCUT2D eigenvalue weighted by atomic mass is 79.9. The maximum atomic E-state index is 13.3. The normalized spacial score (nSPS) is 14.2. The Balaban J connectivity index is 3.44. The van der Waals surface area contributed by atoms with Crippen molar-refractivity contribution in [3.63, 3.8) is 0 Å². The first-order valence-electron chi connectivity index (χ1n) is 4.90. The van der Waals surface area contributed by atoms with Crippen LogP contribution in [-0.4, -0.2) is 24.3 Å². The number of rotatable bonds is 3. The van der Waals surface area contributed by atoms with Crippen molar-refractivity contribution in [2.24, 2.45) is 5.73 Å². The van der Waals surface area contributed by atoms with E-state index in [0.29, 0.717) is 0 Å². The number of hydrogen-bond acceptors (Lipinski definition) is 3. The molecule has 0 aliphatic heterocycles. The summed E-state index contributed by atoms with van der Waals surface area (Å²) in [6.07, 6.45) is -5.80. The molecule has 0 bridgehead atoms. The molecule has 3 N–H and O–H groups in total. The molecule has 0 aromatic heterocycles. The minimum Gasteiger partial charge on any atom is -0.503 e. The van der Waals surface area contributed by atoms with Crippen LogP contribution in [0.4, 0.5) is 22.0 Å². The van der Waals surface area contributed by atoms with Crippen LogP contribution in [0.25, 0.3) is 0 Å². The Kier molecular flexibility index (Phi) is 4.92. The van der Waals surface area contributed by atoms with Crippen molar-refractivity contribution in [3.05, 3.63) is 20.6 Å². The van der Waals surface area contributed by atoms with Gasteiger partial charge in [0.15, 0.2) is 11.5 Å². The van der Waals surface area contributed by atoms with Gasteiger partial charge in [-0.1, -0.05) is 0 Å². The summed E-state index contributed by atoms with van der Waals surface area (Å²) in [7, 11) is 1.12. The number of nitrogens with two attached hydrogens (primary N) is 1. The quantitative estimate of drug-likeness (QED) is 0.712. The monoisotopic (exact) mass is 427 g/mol. The molecule has 0 aliphatic carbocycles. The van der Waals surface area contributed by atoms with Crippen LogP contribution in [0.5, 0.6) is 11.5 Å². The molecule has 0 fully saturated rings. The first-order valence-corrected chi connectivity index (χ1v) is 6.48. The average molecular weight is 429 g/mol. The molecule has 1 atom stereocenters. The van der Waals surface area contributed by atoms with Crippen molar-refractivity contribution in [1.82, 2.24) is 0 Å². The van der Waals surface area contributed by atoms with Gasteiger partial charge in [-0.3, -0.25) is 0 Å². The third-order valence-electron chi connectivity index (χ3n) is 2.50. The van der Waals surface area contributed by atoms with Crippen LogP contribution in [0.2, 0.25) is 0 Å². The number of hydrogen-bond donors (Lipinski definition) is 2. The fourth-order valence-corrected chi connectivity index (χ4v) is 2.34. The maximum absolute atomic E-state index is 13.3. The number of methoxy groups -OCH3 is 1. The smallest absolute Gasteiger partial charge is 0.455 e. The number of benzene rings is 1. The summed E-state index contributed by atoms with van der Waals surface area (Å²) in [6.45, 7) is 0. The molecular weight excluding hydrogens is 421 g/mol. The fraction of sp³-hybridized carbons (Fsp3) is 0.400. The van der Waals surface area contributed by atoms with Gasteiger partial charge < -0.3 is 15.6 Å². The van der Waals surface area contributed by atoms with Crippen LogP contribution in [0.1, 0.15) is 11.6 Å². The Bertz CT molecular complexity index is 521. The summed E-state index contributed by atoms with van der Waals surface area (Å²) in [5.74, 6) is -5.88. The largest absolute Gasteiger partial charge is 0.503 e. The molecule has 0 saturated heterocycles. The van der Waals surface area contributed by atoms with Gasteiger partial charge in [0.1, 0.15) is 6.04 Å². The van der Waals surface area contributed by atoms with E-state index in [-0.39, 0.29) is 14.7 Å². The molecule has 20 heavy (non-hydrogen) atoms. The van der Waals surface area contributed by atoms with Crippen LogP contribution in [0.15, 0.2) is 15.0 Å². The van der Waals surface area contributed by atoms with Crippen LogP contribution >= 0.6 is 31.9 Å². The number of aromatic hydroxyl groups is 1. The van der Waals surface area contributed by atoms with E-state index >= 15 is 0 Å². The molecular formula is C10H8Br2F5NO2. The van der Waals surface area contributed by atoms with E-state index in [1.807, 2.05) is 0 Å². The molecule has 0 amide bonds. The summed E-state index contributed by atoms with van der Waals surface area (Å²) >= 11 is 5.66. The van der Waals surface area contributed by atoms with Gasteiger partial charge in [0.25, 0.3) is 0 Å². The highest BCUT2D eigenvalue weighted by Gasteiger charge is 2.62. The number of halogens is 7. The van der Waals surface area contributed by atoms with Crippen LogP contribution < -0.4 is 10.5 Å². The van der Waals surface area contributed by atoms with Crippen molar-refractivity contribution >= 4 is 31.9 Å². The Morgan fingerprint density at radius 2 is 1.70 bits per heavy atom. The van der Waals surface area contributed by atoms with Gasteiger partial charge >= 0.3 is 12.1 Å². The third-order valence-corrected chi connectivity index (χ3v) is 4.66. The molecule has 0 spiro atoms. The van der Waals surface area contributed by atoms with Gasteiger partial charge in [-0.2, -0.15) is 22.0 Å². The van der Waals surface area contributed by atoms with Crippen molar-refractivity contribution in [3.8, 4) is 11.5 Å². The zero-order valence-corrected chi connectivity index (χ0v) is 12.9. The lowest BCUT2D eigenvalue weighted by Gasteiger charge is -2.27. The molecule has 114 valence electrons. The van der Waals surface area contributed by atoms with Crippen molar-refractivity contribution < 1.29 is 31.8 Å². The number of phenolic OH excluding ortho intramolecular Hbond substituents is 1. The Morgan fingerprint density at radius 3 is 2.10 bits per heavy atom. The van der Waals surface area contributed by atoms with Crippen LogP contribution in [0, 0.1) is 0 Å². The molecule has 0 heterocycles. The molecule has 0 unspecified atom stereocenters. The Morgan fingerprint density at radius 1 is 1.20 bits per heavy atom. The molecule has 0 saturated carbocycles. The van der Waals surface area contributed by atoms with Crippen molar-refractivity contribution in [2.45, 2.75) is 18.1 Å². The Labute approximate surface area is 127 Å². The van der Waals surface area contributed by atoms with Gasteiger partial charge in [0.2, 0.25) is 0 Å². The summed E-state index contributed by atoms with van der Waals surface area (Å²) in [5, 5.41) is 9.59. The van der Waals surface area contributed by atoms with Gasteiger partial charge in [0, 0.05) is 4.47 Å². The lowest BCUT2D eigenvalue weighted by Crippen LogP contribution is -2.46. The number of phenols is 1. The van der Waals surface area contributed by atoms with E-state index < -0.39 is 29.5 Å². The summed E-state index contributed by atoms with van der Waals surface area (Å²) in [6, 6.07) is -1.85. The fourth-order valence-electron chi connectivity index (χ4n) is 1.37. The second-order valence-corrected chi connectivity index (χ2v) is 5.33. The second kappa shape index (κ2) is 5.64. The SMILES string of the molecule is COc1cc([C@H](N)C(F)(F)C(F)(F)F)c(Br)c(Br)c1O. The molecule has 1 aromatic carbocycles. The van der Waals surface area contributed by atoms with E-state index in [0.717, 1.165) is 13.2 Å². The highest BCUT2D eigenvalue weighted by molar-refractivity contribution is 9.13. The standard InChI is InChI=1S/C10H8Br2F5NO2/c1-20-4-2-3(5(11)6(12)7(4)19)8(18)9(13,14)10(15,16)17/h2,8,19H,18H2,1H3/t8-/m0/s1. The predicted octanol–water partition coefficient (Wildman–Crippen LogP) is 4.12. The highest BCUT2D eigenvalue weighted by Crippen LogP contribution is 2.49. The average Bonchev–Trinajstić information content (AvgIpc) is 2.34. The number of alkyl halides is 5. The molecule has 0 radical (unpaired) electrons. The molecule has 1 aromatic rings. The first-order chi connectivity index (χ1) is 8.95.